The number of hydrogen-bond donors (Lipinski definition) is 0. The van der Waals surface area contributed by atoms with Gasteiger partial charge in [-0.2, -0.15) is 0 Å². The van der Waals surface area contributed by atoms with Crippen molar-refractivity contribution in [2.75, 3.05) is 18.0 Å². The van der Waals surface area contributed by atoms with E-state index in [1.807, 2.05) is 36.5 Å². The summed E-state index contributed by atoms with van der Waals surface area (Å²) < 4.78 is 7.14. The third kappa shape index (κ3) is 4.22. The summed E-state index contributed by atoms with van der Waals surface area (Å²) in [7, 11) is 0. The molecule has 1 fully saturated rings. The number of benzene rings is 1. The highest BCUT2D eigenvalue weighted by molar-refractivity contribution is 9.10. The van der Waals surface area contributed by atoms with Crippen LogP contribution in [0.15, 0.2) is 41.0 Å². The Balaban J connectivity index is 1.59. The standard InChI is InChI=1S/C18H22BrN3O/c1-13(2)18-20-9-6-17(21-18)22-10-7-15(8-11-22)23-16-5-3-4-14(19)12-16/h3-6,9,12-13,15H,7-8,10-11H2,1-2H3. The van der Waals surface area contributed by atoms with E-state index in [1.54, 1.807) is 0 Å². The summed E-state index contributed by atoms with van der Waals surface area (Å²) >= 11 is 3.48. The Morgan fingerprint density at radius 2 is 2.00 bits per heavy atom. The third-order valence-corrected chi connectivity index (χ3v) is 4.53. The molecule has 23 heavy (non-hydrogen) atoms. The average molecular weight is 376 g/mol. The van der Waals surface area contributed by atoms with E-state index in [2.05, 4.69) is 44.6 Å². The minimum absolute atomic E-state index is 0.270. The molecular formula is C18H22BrN3O. The van der Waals surface area contributed by atoms with Gasteiger partial charge in [0.1, 0.15) is 23.5 Å². The Morgan fingerprint density at radius 1 is 1.22 bits per heavy atom. The SMILES string of the molecule is CC(C)c1nccc(N2CCC(Oc3cccc(Br)c3)CC2)n1. The van der Waals surface area contributed by atoms with Gasteiger partial charge in [-0.15, -0.1) is 0 Å². The highest BCUT2D eigenvalue weighted by Crippen LogP contribution is 2.24. The van der Waals surface area contributed by atoms with Gasteiger partial charge >= 0.3 is 0 Å². The van der Waals surface area contributed by atoms with E-state index in [4.69, 9.17) is 4.74 Å². The molecule has 1 aromatic heterocycles. The molecule has 5 heteroatoms. The maximum absolute atomic E-state index is 6.09. The highest BCUT2D eigenvalue weighted by Gasteiger charge is 2.22. The molecule has 0 atom stereocenters. The highest BCUT2D eigenvalue weighted by atomic mass is 79.9. The lowest BCUT2D eigenvalue weighted by molar-refractivity contribution is 0.170. The normalized spacial score (nSPS) is 15.9. The first kappa shape index (κ1) is 16.2. The van der Waals surface area contributed by atoms with Gasteiger partial charge < -0.3 is 9.64 Å². The molecule has 0 radical (unpaired) electrons. The third-order valence-electron chi connectivity index (χ3n) is 4.04. The maximum Gasteiger partial charge on any atom is 0.133 e. The molecule has 0 N–H and O–H groups in total. The minimum Gasteiger partial charge on any atom is -0.490 e. The summed E-state index contributed by atoms with van der Waals surface area (Å²) in [5.41, 5.74) is 0. The second-order valence-corrected chi connectivity index (χ2v) is 7.11. The van der Waals surface area contributed by atoms with Gasteiger partial charge in [-0.1, -0.05) is 35.8 Å². The quantitative estimate of drug-likeness (QED) is 0.792. The average Bonchev–Trinajstić information content (AvgIpc) is 2.56. The van der Waals surface area contributed by atoms with Crippen LogP contribution in [0.1, 0.15) is 38.4 Å². The van der Waals surface area contributed by atoms with Crippen molar-refractivity contribution in [3.63, 3.8) is 0 Å². The Hall–Kier alpha value is -1.62. The molecule has 0 amide bonds. The fraction of sp³-hybridized carbons (Fsp3) is 0.444. The lowest BCUT2D eigenvalue weighted by Crippen LogP contribution is -2.38. The predicted octanol–water partition coefficient (Wildman–Crippen LogP) is 4.41. The molecule has 1 saturated heterocycles. The molecule has 3 rings (SSSR count). The Kier molecular flexibility index (Phi) is 5.16. The van der Waals surface area contributed by atoms with E-state index in [9.17, 15) is 0 Å². The molecule has 0 spiro atoms. The summed E-state index contributed by atoms with van der Waals surface area (Å²) in [6, 6.07) is 10.0. The monoisotopic (exact) mass is 375 g/mol. The number of piperidine rings is 1. The van der Waals surface area contributed by atoms with Crippen LogP contribution in [-0.4, -0.2) is 29.2 Å². The van der Waals surface area contributed by atoms with E-state index in [1.165, 1.54) is 0 Å². The smallest absolute Gasteiger partial charge is 0.133 e. The van der Waals surface area contributed by atoms with Crippen LogP contribution >= 0.6 is 15.9 Å². The first-order valence-electron chi connectivity index (χ1n) is 8.12. The van der Waals surface area contributed by atoms with Crippen molar-refractivity contribution in [3.05, 3.63) is 46.8 Å². The summed E-state index contributed by atoms with van der Waals surface area (Å²) in [6.45, 7) is 6.18. The van der Waals surface area contributed by atoms with Gasteiger partial charge in [-0.3, -0.25) is 0 Å². The molecule has 0 saturated carbocycles. The minimum atomic E-state index is 0.270. The molecule has 0 aliphatic carbocycles. The fourth-order valence-electron chi connectivity index (χ4n) is 2.75. The largest absolute Gasteiger partial charge is 0.490 e. The summed E-state index contributed by atoms with van der Waals surface area (Å²) in [5.74, 6) is 3.23. The number of rotatable bonds is 4. The Bertz CT molecular complexity index is 654. The van der Waals surface area contributed by atoms with Gasteiger partial charge in [0.05, 0.1) is 0 Å². The molecule has 122 valence electrons. The van der Waals surface area contributed by atoms with Crippen LogP contribution in [0, 0.1) is 0 Å². The van der Waals surface area contributed by atoms with Gasteiger partial charge in [-0.25, -0.2) is 9.97 Å². The van der Waals surface area contributed by atoms with Crippen LogP contribution in [0.25, 0.3) is 0 Å². The van der Waals surface area contributed by atoms with Gasteiger partial charge in [0, 0.05) is 42.5 Å². The van der Waals surface area contributed by atoms with Crippen LogP contribution in [0.2, 0.25) is 0 Å². The van der Waals surface area contributed by atoms with E-state index >= 15 is 0 Å². The number of nitrogens with zero attached hydrogens (tertiary/aromatic N) is 3. The van der Waals surface area contributed by atoms with Crippen molar-refractivity contribution < 1.29 is 4.74 Å². The zero-order valence-corrected chi connectivity index (χ0v) is 15.2. The Labute approximate surface area is 146 Å². The number of hydrogen-bond acceptors (Lipinski definition) is 4. The number of ether oxygens (including phenoxy) is 1. The van der Waals surface area contributed by atoms with Crippen molar-refractivity contribution >= 4 is 21.7 Å². The molecule has 0 bridgehead atoms. The lowest BCUT2D eigenvalue weighted by atomic mass is 10.1. The maximum atomic E-state index is 6.09. The molecule has 2 aromatic rings. The molecular weight excluding hydrogens is 354 g/mol. The summed E-state index contributed by atoms with van der Waals surface area (Å²) in [5, 5.41) is 0. The van der Waals surface area contributed by atoms with Crippen LogP contribution in [0.4, 0.5) is 5.82 Å². The van der Waals surface area contributed by atoms with Crippen molar-refractivity contribution in [1.29, 1.82) is 0 Å². The lowest BCUT2D eigenvalue weighted by Gasteiger charge is -2.33. The van der Waals surface area contributed by atoms with E-state index in [0.717, 1.165) is 47.8 Å². The van der Waals surface area contributed by atoms with Gasteiger partial charge in [0.25, 0.3) is 0 Å². The summed E-state index contributed by atoms with van der Waals surface area (Å²) in [4.78, 5) is 11.4. The predicted molar refractivity (Wildman–Crippen MR) is 96.1 cm³/mol. The Morgan fingerprint density at radius 3 is 2.70 bits per heavy atom. The van der Waals surface area contributed by atoms with E-state index in [-0.39, 0.29) is 6.10 Å². The molecule has 2 heterocycles. The van der Waals surface area contributed by atoms with Crippen molar-refractivity contribution in [1.82, 2.24) is 9.97 Å². The second kappa shape index (κ2) is 7.30. The van der Waals surface area contributed by atoms with Crippen molar-refractivity contribution in [2.45, 2.75) is 38.7 Å². The van der Waals surface area contributed by atoms with Crippen molar-refractivity contribution in [3.8, 4) is 5.75 Å². The number of halogens is 1. The zero-order chi connectivity index (χ0) is 16.2. The van der Waals surface area contributed by atoms with Gasteiger partial charge in [0.2, 0.25) is 0 Å². The van der Waals surface area contributed by atoms with Crippen LogP contribution < -0.4 is 9.64 Å². The molecule has 4 nitrogen and oxygen atoms in total. The second-order valence-electron chi connectivity index (χ2n) is 6.19. The fourth-order valence-corrected chi connectivity index (χ4v) is 3.13. The van der Waals surface area contributed by atoms with Crippen molar-refractivity contribution in [2.24, 2.45) is 0 Å². The zero-order valence-electron chi connectivity index (χ0n) is 13.6. The van der Waals surface area contributed by atoms with Gasteiger partial charge in [-0.05, 0) is 24.3 Å². The van der Waals surface area contributed by atoms with Crippen LogP contribution in [0.3, 0.4) is 0 Å². The van der Waals surface area contributed by atoms with Gasteiger partial charge in [0.15, 0.2) is 0 Å². The number of anilines is 1. The van der Waals surface area contributed by atoms with E-state index < -0.39 is 0 Å². The van der Waals surface area contributed by atoms with E-state index in [0.29, 0.717) is 5.92 Å². The summed E-state index contributed by atoms with van der Waals surface area (Å²) in [6.07, 6.45) is 4.15. The van der Waals surface area contributed by atoms with Crippen LogP contribution in [0.5, 0.6) is 5.75 Å². The molecule has 1 aromatic carbocycles. The molecule has 1 aliphatic rings. The first-order valence-corrected chi connectivity index (χ1v) is 8.91. The van der Waals surface area contributed by atoms with Crippen LogP contribution in [-0.2, 0) is 0 Å². The first-order chi connectivity index (χ1) is 11.1. The number of aromatic nitrogens is 2. The molecule has 0 unspecified atom stereocenters. The molecule has 1 aliphatic heterocycles. The topological polar surface area (TPSA) is 38.2 Å².